The van der Waals surface area contributed by atoms with Gasteiger partial charge in [-0.1, -0.05) is 48.4 Å². The van der Waals surface area contributed by atoms with Crippen LogP contribution in [-0.4, -0.2) is 24.0 Å². The van der Waals surface area contributed by atoms with Crippen LogP contribution >= 0.6 is 0 Å². The molecule has 1 aromatic carbocycles. The van der Waals surface area contributed by atoms with E-state index >= 15 is 0 Å². The molecule has 1 aromatic rings. The van der Waals surface area contributed by atoms with Gasteiger partial charge in [-0.3, -0.25) is 4.79 Å². The van der Waals surface area contributed by atoms with Crippen LogP contribution in [0.5, 0.6) is 0 Å². The average molecular weight is 420 g/mol. The molecule has 0 bridgehead atoms. The molecule has 0 amide bonds. The van der Waals surface area contributed by atoms with Crippen LogP contribution < -0.4 is 0 Å². The zero-order chi connectivity index (χ0) is 21.6. The first-order chi connectivity index (χ1) is 15.0. The number of hydrogen-bond acceptors (Lipinski definition) is 4. The molecule has 164 valence electrons. The number of hydrogen-bond donors (Lipinski definition) is 1. The van der Waals surface area contributed by atoms with Crippen molar-refractivity contribution in [3.05, 3.63) is 63.1 Å². The van der Waals surface area contributed by atoms with E-state index in [1.165, 1.54) is 48.8 Å². The van der Waals surface area contributed by atoms with Crippen molar-refractivity contribution in [1.82, 2.24) is 0 Å². The SMILES string of the molecule is CC12CCCC1C1CCC3=CC(=O)CCC3=C1C(c1ccc(C(CO)CN=O)cc1)C2. The number of carbonyl (C=O) groups is 1. The Bertz CT molecular complexity index is 944. The van der Waals surface area contributed by atoms with Crippen molar-refractivity contribution in [3.8, 4) is 0 Å². The quantitative estimate of drug-likeness (QED) is 0.612. The second-order valence-corrected chi connectivity index (χ2v) is 10.5. The van der Waals surface area contributed by atoms with E-state index < -0.39 is 0 Å². The molecule has 2 fully saturated rings. The van der Waals surface area contributed by atoms with Crippen molar-refractivity contribution in [2.24, 2.45) is 22.4 Å². The Morgan fingerprint density at radius 2 is 1.97 bits per heavy atom. The van der Waals surface area contributed by atoms with Crippen molar-refractivity contribution in [2.45, 2.75) is 70.1 Å². The number of allylic oxidation sites excluding steroid dienone is 4. The molecule has 0 saturated heterocycles. The van der Waals surface area contributed by atoms with E-state index in [0.29, 0.717) is 29.5 Å². The van der Waals surface area contributed by atoms with Crippen LogP contribution in [0, 0.1) is 22.2 Å². The number of rotatable bonds is 5. The maximum Gasteiger partial charge on any atom is 0.156 e. The number of benzene rings is 1. The van der Waals surface area contributed by atoms with Crippen LogP contribution in [0.3, 0.4) is 0 Å². The van der Waals surface area contributed by atoms with E-state index in [0.717, 1.165) is 24.3 Å². The maximum atomic E-state index is 12.1. The normalized spacial score (nSPS) is 33.3. The maximum absolute atomic E-state index is 12.1. The van der Waals surface area contributed by atoms with Gasteiger partial charge >= 0.3 is 0 Å². The van der Waals surface area contributed by atoms with Gasteiger partial charge in [0.05, 0.1) is 13.2 Å². The Hall–Kier alpha value is -2.07. The summed E-state index contributed by atoms with van der Waals surface area (Å²) in [6.07, 6.45) is 10.9. The Balaban J connectivity index is 1.57. The van der Waals surface area contributed by atoms with Crippen molar-refractivity contribution in [1.29, 1.82) is 0 Å². The van der Waals surface area contributed by atoms with E-state index in [1.54, 1.807) is 5.57 Å². The van der Waals surface area contributed by atoms with Gasteiger partial charge in [-0.15, -0.1) is 0 Å². The molecule has 5 rings (SSSR count). The fourth-order valence-corrected chi connectivity index (χ4v) is 7.32. The van der Waals surface area contributed by atoms with Gasteiger partial charge in [0.25, 0.3) is 0 Å². The summed E-state index contributed by atoms with van der Waals surface area (Å²) in [5.41, 5.74) is 7.17. The van der Waals surface area contributed by atoms with Crippen molar-refractivity contribution >= 4 is 5.78 Å². The summed E-state index contributed by atoms with van der Waals surface area (Å²) in [4.78, 5) is 22.8. The molecular weight excluding hydrogens is 386 g/mol. The first-order valence-corrected chi connectivity index (χ1v) is 12.0. The van der Waals surface area contributed by atoms with Gasteiger partial charge < -0.3 is 5.11 Å². The molecule has 2 saturated carbocycles. The molecule has 4 heteroatoms. The monoisotopic (exact) mass is 419 g/mol. The van der Waals surface area contributed by atoms with Crippen LogP contribution in [-0.2, 0) is 4.79 Å². The molecule has 31 heavy (non-hydrogen) atoms. The molecule has 4 aliphatic carbocycles. The molecule has 0 heterocycles. The van der Waals surface area contributed by atoms with Gasteiger partial charge in [0.2, 0.25) is 0 Å². The van der Waals surface area contributed by atoms with Crippen LogP contribution in [0.4, 0.5) is 0 Å². The zero-order valence-electron chi connectivity index (χ0n) is 18.5. The van der Waals surface area contributed by atoms with Gasteiger partial charge in [-0.05, 0) is 84.1 Å². The molecule has 1 N–H and O–H groups in total. The van der Waals surface area contributed by atoms with E-state index in [4.69, 9.17) is 0 Å². The summed E-state index contributed by atoms with van der Waals surface area (Å²) in [7, 11) is 0. The van der Waals surface area contributed by atoms with Crippen LogP contribution in [0.15, 0.2) is 52.2 Å². The number of nitrogens with zero attached hydrogens (tertiary/aromatic N) is 1. The zero-order valence-corrected chi connectivity index (χ0v) is 18.5. The molecule has 0 aromatic heterocycles. The lowest BCUT2D eigenvalue weighted by Crippen LogP contribution is -2.40. The fraction of sp³-hybridized carbons (Fsp3) is 0.593. The molecule has 4 nitrogen and oxygen atoms in total. The molecule has 4 aliphatic rings. The van der Waals surface area contributed by atoms with E-state index in [-0.39, 0.29) is 19.1 Å². The standard InChI is InChI=1S/C27H33NO3/c1-27-12-2-3-25(27)23-10-8-19-13-21(30)9-11-22(19)26(23)24(14-27)18-6-4-17(5-7-18)20(16-29)15-28-31/h4-7,13,20,23-25,29H,2-3,8-12,14-16H2,1H3. The smallest absolute Gasteiger partial charge is 0.156 e. The summed E-state index contributed by atoms with van der Waals surface area (Å²) in [5.74, 6) is 1.90. The summed E-state index contributed by atoms with van der Waals surface area (Å²) in [6.45, 7) is 2.56. The Kier molecular flexibility index (Phi) is 5.45. The highest BCUT2D eigenvalue weighted by molar-refractivity contribution is 5.93. The van der Waals surface area contributed by atoms with Crippen molar-refractivity contribution in [3.63, 3.8) is 0 Å². The third-order valence-electron chi connectivity index (χ3n) is 8.83. The predicted molar refractivity (Wildman–Crippen MR) is 122 cm³/mol. The first kappa shape index (κ1) is 20.8. The Morgan fingerprint density at radius 1 is 1.16 bits per heavy atom. The van der Waals surface area contributed by atoms with E-state index in [9.17, 15) is 14.8 Å². The summed E-state index contributed by atoms with van der Waals surface area (Å²) in [6, 6.07) is 8.58. The average Bonchev–Trinajstić information content (AvgIpc) is 3.18. The number of ketones is 1. The highest BCUT2D eigenvalue weighted by Crippen LogP contribution is 2.63. The number of aliphatic hydroxyl groups excluding tert-OH is 1. The topological polar surface area (TPSA) is 66.7 Å². The fourth-order valence-electron chi connectivity index (χ4n) is 7.32. The summed E-state index contributed by atoms with van der Waals surface area (Å²) < 4.78 is 0. The molecule has 5 atom stereocenters. The third kappa shape index (κ3) is 3.53. The van der Waals surface area contributed by atoms with E-state index in [1.807, 2.05) is 6.08 Å². The first-order valence-electron chi connectivity index (χ1n) is 12.0. The summed E-state index contributed by atoms with van der Waals surface area (Å²) in [5, 5.41) is 12.6. The van der Waals surface area contributed by atoms with Crippen LogP contribution in [0.1, 0.15) is 81.3 Å². The van der Waals surface area contributed by atoms with E-state index in [2.05, 4.69) is 36.4 Å². The van der Waals surface area contributed by atoms with Gasteiger partial charge in [-0.25, -0.2) is 0 Å². The largest absolute Gasteiger partial charge is 0.396 e. The third-order valence-corrected chi connectivity index (χ3v) is 8.83. The second-order valence-electron chi connectivity index (χ2n) is 10.5. The Morgan fingerprint density at radius 3 is 2.71 bits per heavy atom. The number of nitroso groups, excluding NO2 is 1. The molecule has 0 aliphatic heterocycles. The molecule has 0 spiro atoms. The Labute approximate surface area is 184 Å². The molecule has 0 radical (unpaired) electrons. The second kappa shape index (κ2) is 8.12. The predicted octanol–water partition coefficient (Wildman–Crippen LogP) is 5.82. The minimum Gasteiger partial charge on any atom is -0.396 e. The minimum absolute atomic E-state index is 0.0617. The highest BCUT2D eigenvalue weighted by atomic mass is 16.3. The van der Waals surface area contributed by atoms with Crippen LogP contribution in [0.2, 0.25) is 0 Å². The lowest BCUT2D eigenvalue weighted by atomic mass is 9.53. The molecular formula is C27H33NO3. The lowest BCUT2D eigenvalue weighted by Gasteiger charge is -2.51. The molecule has 5 unspecified atom stereocenters. The van der Waals surface area contributed by atoms with Crippen molar-refractivity contribution in [2.75, 3.05) is 13.2 Å². The van der Waals surface area contributed by atoms with Gasteiger partial charge in [-0.2, -0.15) is 4.91 Å². The lowest BCUT2D eigenvalue weighted by molar-refractivity contribution is -0.114. The number of carbonyl (C=O) groups excluding carboxylic acids is 1. The summed E-state index contributed by atoms with van der Waals surface area (Å²) >= 11 is 0. The van der Waals surface area contributed by atoms with Crippen molar-refractivity contribution < 1.29 is 9.90 Å². The van der Waals surface area contributed by atoms with Gasteiger partial charge in [0.15, 0.2) is 5.78 Å². The number of aliphatic hydroxyl groups is 1. The van der Waals surface area contributed by atoms with Gasteiger partial charge in [0.1, 0.15) is 0 Å². The van der Waals surface area contributed by atoms with Crippen LogP contribution in [0.25, 0.3) is 0 Å². The highest BCUT2D eigenvalue weighted by Gasteiger charge is 2.52. The number of fused-ring (bicyclic) bond motifs is 4. The van der Waals surface area contributed by atoms with Gasteiger partial charge in [0, 0.05) is 18.3 Å². The minimum atomic E-state index is -0.224.